The number of H-pyrrole nitrogens is 1. The summed E-state index contributed by atoms with van der Waals surface area (Å²) in [5.74, 6) is -3.54. The Bertz CT molecular complexity index is 3470. The van der Waals surface area contributed by atoms with E-state index >= 15 is 0 Å². The number of unbranched alkanes of at least 4 members (excludes halogenated alkanes) is 11. The molecule has 8 rings (SSSR count). The number of carbonyl (C=O) groups excluding carboxylic acids is 9. The summed E-state index contributed by atoms with van der Waals surface area (Å²) in [6.45, 7) is 5.61. The Morgan fingerprint density at radius 2 is 1.45 bits per heavy atom. The monoisotopic (exact) mass is 1370 g/mol. The van der Waals surface area contributed by atoms with Crippen LogP contribution in [0.2, 0.25) is 0 Å². The molecule has 0 spiro atoms. The predicted octanol–water partition coefficient (Wildman–Crippen LogP) is 8.48. The van der Waals surface area contributed by atoms with Crippen LogP contribution in [0.15, 0.2) is 77.6 Å². The molecule has 2 aliphatic carbocycles. The highest BCUT2D eigenvalue weighted by atomic mass is 32.2. The molecule has 6 unspecified atom stereocenters. The van der Waals surface area contributed by atoms with Crippen LogP contribution in [0.25, 0.3) is 11.2 Å². The van der Waals surface area contributed by atoms with Crippen LogP contribution in [0.1, 0.15) is 184 Å². The lowest BCUT2D eigenvalue weighted by atomic mass is 9.81. The van der Waals surface area contributed by atoms with Crippen molar-refractivity contribution in [3.05, 3.63) is 100.0 Å². The molecule has 2 aromatic heterocycles. The number of aromatic amines is 1. The molecule has 6 amide bonds. The first-order chi connectivity index (χ1) is 47.0. The molecule has 2 aliphatic heterocycles. The van der Waals surface area contributed by atoms with Gasteiger partial charge in [-0.25, -0.2) is 9.59 Å². The predicted molar refractivity (Wildman–Crippen MR) is 377 cm³/mol. The average molecular weight is 1380 g/mol. The van der Waals surface area contributed by atoms with Gasteiger partial charge in [-0.2, -0.15) is 21.7 Å². The molecule has 97 heavy (non-hydrogen) atoms. The number of carbonyl (C=O) groups is 9. The van der Waals surface area contributed by atoms with Crippen LogP contribution in [-0.2, 0) is 59.2 Å². The molecule has 526 valence electrons. The van der Waals surface area contributed by atoms with Crippen molar-refractivity contribution < 1.29 is 52.6 Å². The van der Waals surface area contributed by atoms with Gasteiger partial charge in [-0.05, 0) is 86.1 Å². The summed E-state index contributed by atoms with van der Waals surface area (Å²) in [7, 11) is 1.17. The number of esters is 2. The Kier molecular flexibility index (Phi) is 30.1. The maximum absolute atomic E-state index is 14.2. The first-order valence-electron chi connectivity index (χ1n) is 34.8. The molecule has 2 bridgehead atoms. The van der Waals surface area contributed by atoms with Crippen molar-refractivity contribution in [1.82, 2.24) is 45.7 Å². The first-order valence-corrected chi connectivity index (χ1v) is 37.0. The smallest absolute Gasteiger partial charge is 0.328 e. The quantitative estimate of drug-likeness (QED) is 0.0117. The van der Waals surface area contributed by atoms with Gasteiger partial charge in [-0.1, -0.05) is 145 Å². The van der Waals surface area contributed by atoms with E-state index in [1.165, 1.54) is 73.3 Å². The summed E-state index contributed by atoms with van der Waals surface area (Å²) in [4.78, 5) is 147. The third-order valence-corrected chi connectivity index (χ3v) is 20.6. The SMILES string of the molecule is CCCCCCCCCCCCCC(=O)OCCSCC(NC(=O)C1CCC(CN2C(=O)CC(SCC(=O)NCCC3NC4c5cccccccc(c5)C4C3=O)C2=O)CC1)C(=O)NC(CCC(=O)Nc1ccc(Cn2c(=O)[nH]c3c(N)nc(NCCCC)nc32)cc1)C(=O)OC. The number of amides is 6. The second kappa shape index (κ2) is 38.9. The summed E-state index contributed by atoms with van der Waals surface area (Å²) in [5.41, 5.74) is 9.58. The number of hydrogen-bond acceptors (Lipinski definition) is 19. The molecule has 1 saturated carbocycles. The van der Waals surface area contributed by atoms with Gasteiger partial charge >= 0.3 is 17.6 Å². The van der Waals surface area contributed by atoms with E-state index in [9.17, 15) is 47.9 Å². The number of rotatable bonds is 40. The number of thioether (sulfide) groups is 2. The van der Waals surface area contributed by atoms with E-state index in [2.05, 4.69) is 60.7 Å². The van der Waals surface area contributed by atoms with E-state index in [0.29, 0.717) is 73.6 Å². The zero-order valence-corrected chi connectivity index (χ0v) is 58.0. The van der Waals surface area contributed by atoms with Gasteiger partial charge < -0.3 is 46.8 Å². The maximum atomic E-state index is 14.2. The lowest BCUT2D eigenvalue weighted by Gasteiger charge is -2.31. The van der Waals surface area contributed by atoms with E-state index < -0.39 is 52.8 Å². The van der Waals surface area contributed by atoms with E-state index in [4.69, 9.17) is 15.2 Å². The molecule has 0 radical (unpaired) electrons. The van der Waals surface area contributed by atoms with Crippen molar-refractivity contribution in [3.8, 4) is 0 Å². The number of aromatic nitrogens is 4. The van der Waals surface area contributed by atoms with Gasteiger partial charge in [0.2, 0.25) is 41.4 Å². The van der Waals surface area contributed by atoms with Crippen LogP contribution in [0.3, 0.4) is 0 Å². The number of imide groups is 1. The minimum Gasteiger partial charge on any atom is -0.467 e. The maximum Gasteiger partial charge on any atom is 0.328 e. The van der Waals surface area contributed by atoms with Gasteiger partial charge in [0.25, 0.3) is 0 Å². The molecule has 2 aromatic carbocycles. The number of ketones is 1. The number of ether oxygens (including phenoxy) is 2. The Balaban J connectivity index is 0.789. The second-order valence-electron chi connectivity index (χ2n) is 25.7. The van der Waals surface area contributed by atoms with Crippen molar-refractivity contribution in [2.45, 2.75) is 197 Å². The van der Waals surface area contributed by atoms with Crippen LogP contribution < -0.4 is 43.3 Å². The molecule has 4 aliphatic rings. The number of anilines is 3. The first kappa shape index (κ1) is 74.9. The Labute approximate surface area is 576 Å². The molecule has 2 saturated heterocycles. The number of Topliss-reactive ketones (excluding diaryl/α,β-unsaturated/α-hetero) is 1. The lowest BCUT2D eigenvalue weighted by Crippen LogP contribution is -2.54. The largest absolute Gasteiger partial charge is 0.467 e. The van der Waals surface area contributed by atoms with Crippen molar-refractivity contribution in [2.75, 3.05) is 67.0 Å². The number of methoxy groups -OCH3 is 1. The Hall–Kier alpha value is -7.84. The molecule has 24 nitrogen and oxygen atoms in total. The summed E-state index contributed by atoms with van der Waals surface area (Å²) >= 11 is 2.41. The van der Waals surface area contributed by atoms with E-state index in [-0.39, 0.29) is 116 Å². The molecule has 26 heteroatoms. The van der Waals surface area contributed by atoms with Crippen molar-refractivity contribution >= 4 is 105 Å². The van der Waals surface area contributed by atoms with Crippen molar-refractivity contribution in [2.24, 2.45) is 11.8 Å². The molecule has 4 heterocycles. The lowest BCUT2D eigenvalue weighted by molar-refractivity contribution is -0.145. The van der Waals surface area contributed by atoms with E-state index in [0.717, 1.165) is 67.0 Å². The van der Waals surface area contributed by atoms with Crippen LogP contribution in [-0.4, -0.2) is 152 Å². The molecule has 6 atom stereocenters. The summed E-state index contributed by atoms with van der Waals surface area (Å²) in [5, 5.41) is 17.2. The topological polar surface area (TPSA) is 337 Å². The van der Waals surface area contributed by atoms with Crippen LogP contribution in [0.5, 0.6) is 0 Å². The number of nitrogens with one attached hydrogen (secondary N) is 7. The van der Waals surface area contributed by atoms with Crippen molar-refractivity contribution in [1.29, 1.82) is 0 Å². The number of nitrogens with zero attached hydrogens (tertiary/aromatic N) is 4. The number of imidazole rings is 1. The van der Waals surface area contributed by atoms with Gasteiger partial charge in [-0.3, -0.25) is 53.1 Å². The highest BCUT2D eigenvalue weighted by molar-refractivity contribution is 8.01. The number of nitrogen functional groups attached to an aromatic ring is 1. The number of hydrogen-bond donors (Lipinski definition) is 8. The number of nitrogens with two attached hydrogens (primary N) is 1. The highest BCUT2D eigenvalue weighted by Gasteiger charge is 2.46. The van der Waals surface area contributed by atoms with Crippen molar-refractivity contribution in [3.63, 3.8) is 0 Å². The van der Waals surface area contributed by atoms with Gasteiger partial charge in [0.1, 0.15) is 24.2 Å². The van der Waals surface area contributed by atoms with E-state index in [1.54, 1.807) is 24.3 Å². The Morgan fingerprint density at radius 1 is 0.763 bits per heavy atom. The zero-order chi connectivity index (χ0) is 69.1. The van der Waals surface area contributed by atoms with Crippen LogP contribution in [0.4, 0.5) is 17.5 Å². The summed E-state index contributed by atoms with van der Waals surface area (Å²) < 4.78 is 12.0. The molecular formula is C71H98N12O12S2. The number of fused-ring (bicyclic) bond motifs is 6. The molecule has 4 aromatic rings. The summed E-state index contributed by atoms with van der Waals surface area (Å²) in [6, 6.07) is 19.6. The molecule has 3 fully saturated rings. The molecule has 9 N–H and O–H groups in total. The third kappa shape index (κ3) is 22.6. The van der Waals surface area contributed by atoms with Gasteiger partial charge in [0.15, 0.2) is 17.2 Å². The zero-order valence-electron chi connectivity index (χ0n) is 56.3. The van der Waals surface area contributed by atoms with Gasteiger partial charge in [0, 0.05) is 68.0 Å². The second-order valence-corrected chi connectivity index (χ2v) is 28.0. The normalized spacial score (nSPS) is 19.2. The van der Waals surface area contributed by atoms with Gasteiger partial charge in [-0.15, -0.1) is 11.8 Å². The third-order valence-electron chi connectivity index (χ3n) is 18.4. The van der Waals surface area contributed by atoms with Gasteiger partial charge in [0.05, 0.1) is 36.6 Å². The summed E-state index contributed by atoms with van der Waals surface area (Å²) in [6.07, 6.45) is 16.9. The van der Waals surface area contributed by atoms with Crippen LogP contribution >= 0.6 is 23.5 Å². The Morgan fingerprint density at radius 3 is 2.16 bits per heavy atom. The fourth-order valence-electron chi connectivity index (χ4n) is 12.9. The molecular weight excluding hydrogens is 1280 g/mol. The highest BCUT2D eigenvalue weighted by Crippen LogP contribution is 2.43. The fourth-order valence-corrected chi connectivity index (χ4v) is 14.7. The average Bonchev–Trinajstić information content (AvgIpc) is 1.63. The van der Waals surface area contributed by atoms with Crippen LogP contribution in [0, 0.1) is 11.8 Å². The number of likely N-dealkylation sites (tertiary alicyclic amines) is 1. The minimum atomic E-state index is -1.27. The number of benzene rings is 1. The minimum absolute atomic E-state index is 0.0300. The standard InChI is InChI=1S/C71H98N12O12S2/c1-4-6-8-9-10-11-12-13-14-18-21-24-59(87)95-38-39-96-44-54(67(90)77-53(69(92)94-3)33-34-56(84)75-51-31-27-47(28-32-51)43-83-65-62(79-71(83)93)64(72)80-70(81-65)74-36-7-5-2)78-66(89)48-29-25-46(26-30-48)42-82-58(86)41-55(68(82)91)97-45-57(85)73-37-35-52-63(88)60-49-22-19-16-15-17-20-23-50(40-49)61(60)76-52/h15-17,19-20,22-23,27-28,31-32,40,46,48,52-55,60-61,76H,4-14,18,21,24-26,29-30,33-39,41-45H2,1-3H3,(H,73,85)(H,75,84)(H,77,90)(H,78,89)(H,79,93)(H3,72,74,80,81). The van der Waals surface area contributed by atoms with E-state index in [1.807, 2.05) is 48.5 Å². The fraction of sp³-hybridized carbons (Fsp3) is 0.577.